The van der Waals surface area contributed by atoms with Gasteiger partial charge in [0.25, 0.3) is 11.8 Å². The lowest BCUT2D eigenvalue weighted by Crippen LogP contribution is -2.40. The van der Waals surface area contributed by atoms with E-state index in [1.165, 1.54) is 0 Å². The van der Waals surface area contributed by atoms with Crippen molar-refractivity contribution >= 4 is 34.8 Å². The van der Waals surface area contributed by atoms with E-state index in [1.807, 2.05) is 12.1 Å². The number of thiocarbonyl (C=S) groups is 1. The zero-order valence-corrected chi connectivity index (χ0v) is 18.3. The van der Waals surface area contributed by atoms with Gasteiger partial charge in [0.2, 0.25) is 0 Å². The quantitative estimate of drug-likeness (QED) is 0.736. The molecule has 3 rings (SSSR count). The van der Waals surface area contributed by atoms with E-state index in [-0.39, 0.29) is 22.3 Å². The van der Waals surface area contributed by atoms with E-state index in [1.54, 1.807) is 41.3 Å². The Bertz CT molecular complexity index is 912. The first-order valence-electron chi connectivity index (χ1n) is 9.94. The van der Waals surface area contributed by atoms with Crippen molar-refractivity contribution in [2.45, 2.75) is 26.2 Å². The third-order valence-electron chi connectivity index (χ3n) is 4.93. The number of hydrogen-bond acceptors (Lipinski definition) is 4. The Balaban J connectivity index is 1.55. The van der Waals surface area contributed by atoms with E-state index >= 15 is 0 Å². The average molecular weight is 426 g/mol. The van der Waals surface area contributed by atoms with Gasteiger partial charge in [0.1, 0.15) is 0 Å². The molecule has 2 aromatic carbocycles. The first-order chi connectivity index (χ1) is 14.2. The molecule has 6 nitrogen and oxygen atoms in total. The fourth-order valence-corrected chi connectivity index (χ4v) is 3.31. The molecule has 0 spiro atoms. The maximum atomic E-state index is 12.5. The van der Waals surface area contributed by atoms with Crippen LogP contribution in [0.3, 0.4) is 0 Å². The second kappa shape index (κ2) is 9.36. The van der Waals surface area contributed by atoms with Crippen molar-refractivity contribution in [3.05, 3.63) is 65.2 Å². The summed E-state index contributed by atoms with van der Waals surface area (Å²) in [6.07, 6.45) is 0. The number of nitrogens with one attached hydrogen (secondary N) is 2. The molecule has 1 aliphatic rings. The van der Waals surface area contributed by atoms with E-state index in [0.29, 0.717) is 43.1 Å². The third kappa shape index (κ3) is 5.64. The predicted octanol–water partition coefficient (Wildman–Crippen LogP) is 3.58. The molecule has 2 N–H and O–H groups in total. The minimum absolute atomic E-state index is 0.0144. The van der Waals surface area contributed by atoms with Crippen LogP contribution < -0.4 is 10.6 Å². The van der Waals surface area contributed by atoms with Crippen LogP contribution in [0.15, 0.2) is 48.5 Å². The van der Waals surface area contributed by atoms with Gasteiger partial charge in [0.15, 0.2) is 5.11 Å². The molecule has 7 heteroatoms. The highest BCUT2D eigenvalue weighted by molar-refractivity contribution is 7.80. The average Bonchev–Trinajstić information content (AvgIpc) is 2.74. The molecule has 1 heterocycles. The monoisotopic (exact) mass is 425 g/mol. The van der Waals surface area contributed by atoms with E-state index in [0.717, 1.165) is 5.56 Å². The number of amides is 2. The summed E-state index contributed by atoms with van der Waals surface area (Å²) in [5.74, 6) is -0.286. The molecular weight excluding hydrogens is 398 g/mol. The van der Waals surface area contributed by atoms with Crippen molar-refractivity contribution in [3.63, 3.8) is 0 Å². The molecule has 0 radical (unpaired) electrons. The Morgan fingerprint density at radius 2 is 1.50 bits per heavy atom. The summed E-state index contributed by atoms with van der Waals surface area (Å²) in [6.45, 7) is 8.72. The highest BCUT2D eigenvalue weighted by Gasteiger charge is 2.18. The molecule has 0 saturated carbocycles. The summed E-state index contributed by atoms with van der Waals surface area (Å²) in [5.41, 5.74) is 3.03. The smallest absolute Gasteiger partial charge is 0.257 e. The van der Waals surface area contributed by atoms with E-state index in [2.05, 4.69) is 31.4 Å². The highest BCUT2D eigenvalue weighted by atomic mass is 32.1. The largest absolute Gasteiger partial charge is 0.378 e. The minimum atomic E-state index is -0.271. The van der Waals surface area contributed by atoms with Gasteiger partial charge in [-0.15, -0.1) is 0 Å². The van der Waals surface area contributed by atoms with Crippen molar-refractivity contribution in [1.29, 1.82) is 0 Å². The number of morpholine rings is 1. The second-order valence-electron chi connectivity index (χ2n) is 8.22. The van der Waals surface area contributed by atoms with Crippen LogP contribution in [0.2, 0.25) is 0 Å². The zero-order valence-electron chi connectivity index (χ0n) is 17.5. The Morgan fingerprint density at radius 1 is 0.933 bits per heavy atom. The van der Waals surface area contributed by atoms with Gasteiger partial charge in [-0.05, 0) is 59.6 Å². The lowest BCUT2D eigenvalue weighted by molar-refractivity contribution is 0.0303. The lowest BCUT2D eigenvalue weighted by atomic mass is 9.87. The lowest BCUT2D eigenvalue weighted by Gasteiger charge is -2.26. The molecular formula is C23H27N3O3S. The Morgan fingerprint density at radius 3 is 2.07 bits per heavy atom. The first-order valence-corrected chi connectivity index (χ1v) is 10.3. The SMILES string of the molecule is CC(C)(C)c1ccc(C(=O)NC(=S)Nc2ccc(C(=O)N3CCOCC3)cc2)cc1. The Labute approximate surface area is 182 Å². The number of carbonyl (C=O) groups excluding carboxylic acids is 2. The maximum absolute atomic E-state index is 12.5. The summed E-state index contributed by atoms with van der Waals surface area (Å²) < 4.78 is 5.28. The van der Waals surface area contributed by atoms with Gasteiger partial charge < -0.3 is 15.0 Å². The van der Waals surface area contributed by atoms with Crippen molar-refractivity contribution in [3.8, 4) is 0 Å². The number of ether oxygens (including phenoxy) is 1. The molecule has 1 saturated heterocycles. The maximum Gasteiger partial charge on any atom is 0.257 e. The van der Waals surface area contributed by atoms with Crippen molar-refractivity contribution < 1.29 is 14.3 Å². The molecule has 1 aliphatic heterocycles. The fourth-order valence-electron chi connectivity index (χ4n) is 3.10. The van der Waals surface area contributed by atoms with Crippen LogP contribution in [-0.2, 0) is 10.2 Å². The molecule has 1 fully saturated rings. The van der Waals surface area contributed by atoms with Gasteiger partial charge in [-0.2, -0.15) is 0 Å². The van der Waals surface area contributed by atoms with E-state index in [9.17, 15) is 9.59 Å². The second-order valence-corrected chi connectivity index (χ2v) is 8.63. The normalized spacial score (nSPS) is 14.2. The number of nitrogens with zero attached hydrogens (tertiary/aromatic N) is 1. The molecule has 0 atom stereocenters. The molecule has 0 aliphatic carbocycles. The van der Waals surface area contributed by atoms with Crippen LogP contribution >= 0.6 is 12.2 Å². The van der Waals surface area contributed by atoms with Crippen molar-refractivity contribution in [2.75, 3.05) is 31.6 Å². The van der Waals surface area contributed by atoms with E-state index in [4.69, 9.17) is 17.0 Å². The molecule has 0 unspecified atom stereocenters. The summed E-state index contributed by atoms with van der Waals surface area (Å²) in [7, 11) is 0. The Hall–Kier alpha value is -2.77. The van der Waals surface area contributed by atoms with E-state index < -0.39 is 0 Å². The van der Waals surface area contributed by atoms with Crippen molar-refractivity contribution in [2.24, 2.45) is 0 Å². The van der Waals surface area contributed by atoms with Gasteiger partial charge in [-0.1, -0.05) is 32.9 Å². The van der Waals surface area contributed by atoms with Gasteiger partial charge in [-0.25, -0.2) is 0 Å². The van der Waals surface area contributed by atoms with Crippen LogP contribution in [0.4, 0.5) is 5.69 Å². The third-order valence-corrected chi connectivity index (χ3v) is 5.13. The van der Waals surface area contributed by atoms with Crippen LogP contribution in [0.5, 0.6) is 0 Å². The van der Waals surface area contributed by atoms with Crippen molar-refractivity contribution in [1.82, 2.24) is 10.2 Å². The van der Waals surface area contributed by atoms with Gasteiger partial charge in [-0.3, -0.25) is 14.9 Å². The fraction of sp³-hybridized carbons (Fsp3) is 0.348. The molecule has 0 bridgehead atoms. The predicted molar refractivity (Wildman–Crippen MR) is 122 cm³/mol. The highest BCUT2D eigenvalue weighted by Crippen LogP contribution is 2.22. The van der Waals surface area contributed by atoms with Gasteiger partial charge in [0.05, 0.1) is 13.2 Å². The van der Waals surface area contributed by atoms with Crippen LogP contribution in [-0.4, -0.2) is 48.1 Å². The topological polar surface area (TPSA) is 70.7 Å². The van der Waals surface area contributed by atoms with Crippen LogP contribution in [0.1, 0.15) is 47.1 Å². The van der Waals surface area contributed by atoms with Gasteiger partial charge >= 0.3 is 0 Å². The summed E-state index contributed by atoms with van der Waals surface area (Å²) >= 11 is 5.25. The zero-order chi connectivity index (χ0) is 21.7. The standard InChI is InChI=1S/C23H27N3O3S/c1-23(2,3)18-8-4-16(5-9-18)20(27)25-22(30)24-19-10-6-17(7-11-19)21(28)26-12-14-29-15-13-26/h4-11H,12-15H2,1-3H3,(H2,24,25,27,30). The molecule has 30 heavy (non-hydrogen) atoms. The number of rotatable bonds is 3. The molecule has 2 aromatic rings. The number of carbonyl (C=O) groups is 2. The number of anilines is 1. The van der Waals surface area contributed by atoms with Crippen LogP contribution in [0.25, 0.3) is 0 Å². The summed E-state index contributed by atoms with van der Waals surface area (Å²) in [6, 6.07) is 14.5. The number of benzene rings is 2. The molecule has 158 valence electrons. The minimum Gasteiger partial charge on any atom is -0.378 e. The van der Waals surface area contributed by atoms with Crippen LogP contribution in [0, 0.1) is 0 Å². The van der Waals surface area contributed by atoms with Gasteiger partial charge in [0, 0.05) is 29.9 Å². The summed E-state index contributed by atoms with van der Waals surface area (Å²) in [4.78, 5) is 26.7. The number of hydrogen-bond donors (Lipinski definition) is 2. The Kier molecular flexibility index (Phi) is 6.84. The molecule has 0 aromatic heterocycles. The molecule has 2 amide bonds. The first kappa shape index (κ1) is 21.9. The summed E-state index contributed by atoms with van der Waals surface area (Å²) in [5, 5.41) is 5.86.